The molecular weight excluding hydrogens is 492 g/mol. The van der Waals surface area contributed by atoms with Crippen LogP contribution in [-0.4, -0.2) is 48.5 Å². The van der Waals surface area contributed by atoms with Gasteiger partial charge in [-0.2, -0.15) is 0 Å². The molecule has 7 nitrogen and oxygen atoms in total. The van der Waals surface area contributed by atoms with Crippen molar-refractivity contribution in [2.24, 2.45) is 23.2 Å². The van der Waals surface area contributed by atoms with E-state index in [0.717, 1.165) is 31.2 Å². The van der Waals surface area contributed by atoms with E-state index in [0.29, 0.717) is 30.6 Å². The second-order valence-corrected chi connectivity index (χ2v) is 12.1. The zero-order valence-electron chi connectivity index (χ0n) is 23.5. The van der Waals surface area contributed by atoms with Crippen LogP contribution in [0.2, 0.25) is 0 Å². The molecule has 1 aromatic rings. The van der Waals surface area contributed by atoms with E-state index in [9.17, 15) is 14.4 Å². The molecular formula is C32H44N2O5. The molecule has 1 N–H and O–H groups in total. The summed E-state index contributed by atoms with van der Waals surface area (Å²) >= 11 is 0. The molecule has 3 fully saturated rings. The van der Waals surface area contributed by atoms with Crippen molar-refractivity contribution >= 4 is 17.8 Å². The molecule has 7 heteroatoms. The lowest BCUT2D eigenvalue weighted by Crippen LogP contribution is -2.60. The van der Waals surface area contributed by atoms with Crippen LogP contribution in [0.4, 0.5) is 0 Å². The maximum absolute atomic E-state index is 14.1. The molecule has 0 spiro atoms. The molecule has 0 aromatic heterocycles. The van der Waals surface area contributed by atoms with Crippen molar-refractivity contribution in [1.29, 1.82) is 0 Å². The fourth-order valence-electron chi connectivity index (χ4n) is 7.42. The largest absolute Gasteiger partial charge is 0.468 e. The van der Waals surface area contributed by atoms with Gasteiger partial charge in [-0.3, -0.25) is 14.4 Å². The first-order valence-corrected chi connectivity index (χ1v) is 15.0. The monoisotopic (exact) mass is 536 g/mol. The van der Waals surface area contributed by atoms with E-state index in [1.54, 1.807) is 4.90 Å². The number of fused-ring (bicyclic) bond motifs is 1. The number of rotatable bonds is 8. The molecule has 212 valence electrons. The Morgan fingerprint density at radius 2 is 1.74 bits per heavy atom. The van der Waals surface area contributed by atoms with Crippen molar-refractivity contribution in [3.8, 4) is 0 Å². The molecule has 5 rings (SSSR count). The van der Waals surface area contributed by atoms with Gasteiger partial charge in [0.25, 0.3) is 0 Å². The lowest BCUT2D eigenvalue weighted by atomic mass is 9.66. The Morgan fingerprint density at radius 3 is 2.44 bits per heavy atom. The highest BCUT2D eigenvalue weighted by atomic mass is 16.5. The van der Waals surface area contributed by atoms with Gasteiger partial charge in [-0.1, -0.05) is 62.4 Å². The van der Waals surface area contributed by atoms with E-state index in [1.807, 2.05) is 43.3 Å². The third kappa shape index (κ3) is 5.79. The molecule has 1 aromatic carbocycles. The van der Waals surface area contributed by atoms with Gasteiger partial charge in [-0.25, -0.2) is 0 Å². The number of hydrogen-bond acceptors (Lipinski definition) is 5. The van der Waals surface area contributed by atoms with Gasteiger partial charge in [0.05, 0.1) is 25.9 Å². The zero-order valence-corrected chi connectivity index (χ0v) is 23.5. The SMILES string of the molecule is COC(=O)[C@]12C[C@H](CC(=O)NCC3CCCCC3)C(=O)N(Cc3ccccc3)C1=C[C@H](C1CCCC1)O[C@@H]2C. The van der Waals surface area contributed by atoms with E-state index in [-0.39, 0.29) is 30.8 Å². The Kier molecular flexibility index (Phi) is 8.75. The van der Waals surface area contributed by atoms with Crippen LogP contribution in [0.1, 0.15) is 83.1 Å². The number of likely N-dealkylation sites (tertiary alicyclic amines) is 1. The number of nitrogens with one attached hydrogen (secondary N) is 1. The van der Waals surface area contributed by atoms with E-state index in [1.165, 1.54) is 39.2 Å². The van der Waals surface area contributed by atoms with E-state index < -0.39 is 23.4 Å². The third-order valence-electron chi connectivity index (χ3n) is 9.65. The molecule has 2 aliphatic heterocycles. The molecule has 0 bridgehead atoms. The minimum absolute atomic E-state index is 0.0572. The Hall–Kier alpha value is -2.67. The van der Waals surface area contributed by atoms with E-state index in [4.69, 9.17) is 9.47 Å². The maximum Gasteiger partial charge on any atom is 0.320 e. The molecule has 2 amide bonds. The average Bonchev–Trinajstić information content (AvgIpc) is 3.50. The van der Waals surface area contributed by atoms with Gasteiger partial charge in [0, 0.05) is 24.6 Å². The first kappa shape index (κ1) is 27.9. The minimum Gasteiger partial charge on any atom is -0.468 e. The van der Waals surface area contributed by atoms with Gasteiger partial charge in [0.2, 0.25) is 11.8 Å². The molecule has 39 heavy (non-hydrogen) atoms. The predicted molar refractivity (Wildman–Crippen MR) is 148 cm³/mol. The van der Waals surface area contributed by atoms with Crippen molar-refractivity contribution in [2.45, 2.75) is 96.3 Å². The topological polar surface area (TPSA) is 84.9 Å². The summed E-state index contributed by atoms with van der Waals surface area (Å²) in [5.41, 5.74) is 0.531. The summed E-state index contributed by atoms with van der Waals surface area (Å²) < 4.78 is 12.0. The van der Waals surface area contributed by atoms with Crippen molar-refractivity contribution < 1.29 is 23.9 Å². The Bertz CT molecular complexity index is 1060. The fourth-order valence-corrected chi connectivity index (χ4v) is 7.42. The predicted octanol–water partition coefficient (Wildman–Crippen LogP) is 5.14. The smallest absolute Gasteiger partial charge is 0.320 e. The molecule has 2 saturated carbocycles. The molecule has 0 radical (unpaired) electrons. The van der Waals surface area contributed by atoms with Gasteiger partial charge in [-0.15, -0.1) is 0 Å². The Balaban J connectivity index is 1.45. The van der Waals surface area contributed by atoms with E-state index >= 15 is 0 Å². The highest BCUT2D eigenvalue weighted by molar-refractivity contribution is 5.92. The second kappa shape index (κ2) is 12.2. The number of piperidine rings is 1. The average molecular weight is 537 g/mol. The van der Waals surface area contributed by atoms with Crippen molar-refractivity contribution in [3.05, 3.63) is 47.7 Å². The molecule has 0 unspecified atom stereocenters. The first-order valence-electron chi connectivity index (χ1n) is 15.0. The van der Waals surface area contributed by atoms with Crippen LogP contribution in [0, 0.1) is 23.2 Å². The second-order valence-electron chi connectivity index (χ2n) is 12.1. The van der Waals surface area contributed by atoms with Gasteiger partial charge < -0.3 is 19.7 Å². The Morgan fingerprint density at radius 1 is 1.05 bits per heavy atom. The highest BCUT2D eigenvalue weighted by Gasteiger charge is 2.60. The highest BCUT2D eigenvalue weighted by Crippen LogP contribution is 2.52. The van der Waals surface area contributed by atoms with Gasteiger partial charge in [0.15, 0.2) is 0 Å². The molecule has 2 heterocycles. The fraction of sp³-hybridized carbons (Fsp3) is 0.656. The van der Waals surface area contributed by atoms with E-state index in [2.05, 4.69) is 5.32 Å². The van der Waals surface area contributed by atoms with Crippen LogP contribution in [0.15, 0.2) is 42.1 Å². The summed E-state index contributed by atoms with van der Waals surface area (Å²) in [6, 6.07) is 9.84. The maximum atomic E-state index is 14.1. The number of ether oxygens (including phenoxy) is 2. The number of benzene rings is 1. The van der Waals surface area contributed by atoms with Gasteiger partial charge in [0.1, 0.15) is 5.41 Å². The number of carbonyl (C=O) groups excluding carboxylic acids is 3. The van der Waals surface area contributed by atoms with Crippen LogP contribution in [0.5, 0.6) is 0 Å². The molecule has 4 atom stereocenters. The Labute approximate surface area is 232 Å². The van der Waals surface area contributed by atoms with Crippen LogP contribution in [-0.2, 0) is 30.4 Å². The number of methoxy groups -OCH3 is 1. The standard InChI is InChI=1S/C32H44N2O5/c1-22-32(31(37)38-2)19-26(17-29(35)33-20-23-11-5-3-6-12-23)30(36)34(21-24-13-7-4-8-14-24)28(32)18-27(39-22)25-15-9-10-16-25/h4,7-8,13-14,18,22-23,25-27H,3,5-6,9-12,15-17,19-21H2,1-2H3,(H,33,35)/t22-,26+,27-,32+/m1/s1. The van der Waals surface area contributed by atoms with Crippen molar-refractivity contribution in [2.75, 3.05) is 13.7 Å². The zero-order chi connectivity index (χ0) is 27.4. The van der Waals surface area contributed by atoms with Crippen LogP contribution in [0.25, 0.3) is 0 Å². The lowest BCUT2D eigenvalue weighted by Gasteiger charge is -2.52. The summed E-state index contributed by atoms with van der Waals surface area (Å²) in [4.78, 5) is 42.7. The number of esters is 1. The van der Waals surface area contributed by atoms with Gasteiger partial charge in [-0.05, 0) is 62.5 Å². The van der Waals surface area contributed by atoms with Gasteiger partial charge >= 0.3 is 5.97 Å². The lowest BCUT2D eigenvalue weighted by molar-refractivity contribution is -0.178. The molecule has 2 aliphatic carbocycles. The molecule has 4 aliphatic rings. The number of carbonyl (C=O) groups is 3. The van der Waals surface area contributed by atoms with Crippen LogP contribution >= 0.6 is 0 Å². The molecule has 1 saturated heterocycles. The summed E-state index contributed by atoms with van der Waals surface area (Å²) in [6.07, 6.45) is 12.2. The minimum atomic E-state index is -1.14. The third-order valence-corrected chi connectivity index (χ3v) is 9.65. The van der Waals surface area contributed by atoms with Crippen LogP contribution < -0.4 is 5.32 Å². The number of amides is 2. The summed E-state index contributed by atoms with van der Waals surface area (Å²) in [5, 5.41) is 3.10. The number of nitrogens with zero attached hydrogens (tertiary/aromatic N) is 1. The van der Waals surface area contributed by atoms with Crippen molar-refractivity contribution in [1.82, 2.24) is 10.2 Å². The summed E-state index contributed by atoms with van der Waals surface area (Å²) in [7, 11) is 1.40. The first-order chi connectivity index (χ1) is 18.9. The van der Waals surface area contributed by atoms with Crippen molar-refractivity contribution in [3.63, 3.8) is 0 Å². The summed E-state index contributed by atoms with van der Waals surface area (Å²) in [6.45, 7) is 2.93. The summed E-state index contributed by atoms with van der Waals surface area (Å²) in [5.74, 6) is -0.368. The number of hydrogen-bond donors (Lipinski definition) is 1. The quantitative estimate of drug-likeness (QED) is 0.465. The normalized spacial score (nSPS) is 30.0. The van der Waals surface area contributed by atoms with Crippen LogP contribution in [0.3, 0.4) is 0 Å².